The second kappa shape index (κ2) is 7.68. The third-order valence-corrected chi connectivity index (χ3v) is 2.34. The number of carbonyl (C=O) groups is 1. The van der Waals surface area contributed by atoms with Crippen molar-refractivity contribution in [3.05, 3.63) is 29.8 Å². The molecule has 0 bridgehead atoms. The standard InChI is InChI=1S/C12H13F4NO3/c13-10(14)7-17(5-6-18)11(19)8-1-3-9(4-2-8)20-12(15)16/h1-4,10,12,18H,5-7H2. The molecule has 0 radical (unpaired) electrons. The van der Waals surface area contributed by atoms with Crippen molar-refractivity contribution in [3.8, 4) is 5.75 Å². The molecule has 0 aliphatic carbocycles. The predicted molar refractivity (Wildman–Crippen MR) is 62.1 cm³/mol. The van der Waals surface area contributed by atoms with Crippen LogP contribution in [0.3, 0.4) is 0 Å². The number of aliphatic hydroxyl groups excluding tert-OH is 1. The summed E-state index contributed by atoms with van der Waals surface area (Å²) in [5.41, 5.74) is 0.0423. The third kappa shape index (κ3) is 5.04. The van der Waals surface area contributed by atoms with Gasteiger partial charge >= 0.3 is 6.61 Å². The van der Waals surface area contributed by atoms with Gasteiger partial charge in [-0.2, -0.15) is 8.78 Å². The van der Waals surface area contributed by atoms with Crippen molar-refractivity contribution in [1.82, 2.24) is 4.90 Å². The molecular formula is C12H13F4NO3. The number of halogens is 4. The molecule has 0 saturated carbocycles. The molecule has 1 N–H and O–H groups in total. The lowest BCUT2D eigenvalue weighted by atomic mass is 10.2. The summed E-state index contributed by atoms with van der Waals surface area (Å²) in [5.74, 6) is -0.859. The molecule has 1 amide bonds. The van der Waals surface area contributed by atoms with E-state index in [-0.39, 0.29) is 17.9 Å². The maximum absolute atomic E-state index is 12.3. The Morgan fingerprint density at radius 2 is 1.80 bits per heavy atom. The number of nitrogens with zero attached hydrogens (tertiary/aromatic N) is 1. The molecule has 1 aromatic carbocycles. The van der Waals surface area contributed by atoms with Gasteiger partial charge in [0.1, 0.15) is 5.75 Å². The lowest BCUT2D eigenvalue weighted by molar-refractivity contribution is -0.0498. The van der Waals surface area contributed by atoms with Gasteiger partial charge in [0.25, 0.3) is 12.3 Å². The monoisotopic (exact) mass is 295 g/mol. The van der Waals surface area contributed by atoms with Gasteiger partial charge in [0.05, 0.1) is 13.2 Å². The van der Waals surface area contributed by atoms with Crippen LogP contribution < -0.4 is 4.74 Å². The number of rotatable bonds is 7. The van der Waals surface area contributed by atoms with Crippen molar-refractivity contribution >= 4 is 5.91 Å². The SMILES string of the molecule is O=C(c1ccc(OC(F)F)cc1)N(CCO)CC(F)F. The van der Waals surface area contributed by atoms with Crippen LogP contribution in [0.25, 0.3) is 0 Å². The van der Waals surface area contributed by atoms with Crippen molar-refractivity contribution in [2.75, 3.05) is 19.7 Å². The van der Waals surface area contributed by atoms with E-state index >= 15 is 0 Å². The first-order valence-corrected chi connectivity index (χ1v) is 5.67. The molecular weight excluding hydrogens is 282 g/mol. The largest absolute Gasteiger partial charge is 0.435 e. The predicted octanol–water partition coefficient (Wildman–Crippen LogP) is 1.99. The summed E-state index contributed by atoms with van der Waals surface area (Å²) in [7, 11) is 0. The lowest BCUT2D eigenvalue weighted by Gasteiger charge is -2.21. The van der Waals surface area contributed by atoms with Gasteiger partial charge in [-0.3, -0.25) is 4.79 Å². The minimum absolute atomic E-state index is 0.0423. The normalized spacial score (nSPS) is 10.9. The van der Waals surface area contributed by atoms with Crippen molar-refractivity contribution < 1.29 is 32.2 Å². The summed E-state index contributed by atoms with van der Waals surface area (Å²) in [6.07, 6.45) is -2.73. The van der Waals surface area contributed by atoms with Crippen molar-refractivity contribution in [2.24, 2.45) is 0 Å². The molecule has 0 saturated heterocycles. The molecule has 0 aliphatic heterocycles. The van der Waals surface area contributed by atoms with Gasteiger partial charge in [-0.05, 0) is 24.3 Å². The number of hydrogen-bond donors (Lipinski definition) is 1. The van der Waals surface area contributed by atoms with Crippen LogP contribution in [0, 0.1) is 0 Å². The first-order valence-electron chi connectivity index (χ1n) is 5.67. The van der Waals surface area contributed by atoms with Crippen molar-refractivity contribution in [1.29, 1.82) is 0 Å². The summed E-state index contributed by atoms with van der Waals surface area (Å²) in [6.45, 7) is -4.49. The number of aliphatic hydroxyl groups is 1. The summed E-state index contributed by atoms with van der Waals surface area (Å²) < 4.78 is 52.6. The Balaban J connectivity index is 2.78. The Morgan fingerprint density at radius 3 is 2.25 bits per heavy atom. The van der Waals surface area contributed by atoms with Gasteiger partial charge in [-0.25, -0.2) is 8.78 Å². The molecule has 1 rings (SSSR count). The minimum Gasteiger partial charge on any atom is -0.435 e. The van der Waals surface area contributed by atoms with Gasteiger partial charge in [-0.15, -0.1) is 0 Å². The number of benzene rings is 1. The number of ether oxygens (including phenoxy) is 1. The van der Waals surface area contributed by atoms with Gasteiger partial charge in [0, 0.05) is 12.1 Å². The highest BCUT2D eigenvalue weighted by Crippen LogP contribution is 2.16. The molecule has 0 unspecified atom stereocenters. The highest BCUT2D eigenvalue weighted by atomic mass is 19.3. The summed E-state index contributed by atoms with van der Waals surface area (Å²) in [4.78, 5) is 12.7. The second-order valence-corrected chi connectivity index (χ2v) is 3.77. The number of alkyl halides is 4. The molecule has 112 valence electrons. The molecule has 0 spiro atoms. The lowest BCUT2D eigenvalue weighted by Crippen LogP contribution is -2.37. The number of hydrogen-bond acceptors (Lipinski definition) is 3. The smallest absolute Gasteiger partial charge is 0.387 e. The van der Waals surface area contributed by atoms with Gasteiger partial charge < -0.3 is 14.7 Å². The van der Waals surface area contributed by atoms with Crippen LogP contribution in [0.2, 0.25) is 0 Å². The van der Waals surface area contributed by atoms with E-state index in [0.29, 0.717) is 0 Å². The summed E-state index contributed by atoms with van der Waals surface area (Å²) >= 11 is 0. The highest BCUT2D eigenvalue weighted by Gasteiger charge is 2.19. The quantitative estimate of drug-likeness (QED) is 0.783. The maximum atomic E-state index is 12.3. The van der Waals surface area contributed by atoms with E-state index in [1.165, 1.54) is 12.1 Å². The van der Waals surface area contributed by atoms with E-state index in [9.17, 15) is 22.4 Å². The van der Waals surface area contributed by atoms with Crippen LogP contribution in [-0.4, -0.2) is 48.6 Å². The molecule has 0 fully saturated rings. The van der Waals surface area contributed by atoms with Crippen LogP contribution >= 0.6 is 0 Å². The van der Waals surface area contributed by atoms with Crippen LogP contribution in [-0.2, 0) is 0 Å². The van der Waals surface area contributed by atoms with Crippen molar-refractivity contribution in [2.45, 2.75) is 13.0 Å². The molecule has 0 atom stereocenters. The van der Waals surface area contributed by atoms with Crippen LogP contribution in [0.4, 0.5) is 17.6 Å². The zero-order valence-electron chi connectivity index (χ0n) is 10.3. The molecule has 0 aliphatic rings. The van der Waals surface area contributed by atoms with E-state index in [1.807, 2.05) is 0 Å². The number of carbonyl (C=O) groups excluding carboxylic acids is 1. The van der Waals surface area contributed by atoms with E-state index in [0.717, 1.165) is 17.0 Å². The topological polar surface area (TPSA) is 49.8 Å². The fourth-order valence-corrected chi connectivity index (χ4v) is 1.52. The fraction of sp³-hybridized carbons (Fsp3) is 0.417. The van der Waals surface area contributed by atoms with Gasteiger partial charge in [0.15, 0.2) is 0 Å². The Bertz CT molecular complexity index is 425. The molecule has 0 heterocycles. The second-order valence-electron chi connectivity index (χ2n) is 3.77. The van der Waals surface area contributed by atoms with Crippen molar-refractivity contribution in [3.63, 3.8) is 0 Å². The van der Waals surface area contributed by atoms with E-state index < -0.39 is 32.1 Å². The third-order valence-electron chi connectivity index (χ3n) is 2.34. The molecule has 20 heavy (non-hydrogen) atoms. The maximum Gasteiger partial charge on any atom is 0.387 e. The zero-order chi connectivity index (χ0) is 15.1. The molecule has 4 nitrogen and oxygen atoms in total. The Labute approximate surface area is 112 Å². The van der Waals surface area contributed by atoms with E-state index in [2.05, 4.69) is 4.74 Å². The minimum atomic E-state index is -2.98. The Hall–Kier alpha value is -1.83. The Kier molecular flexibility index (Phi) is 6.23. The van der Waals surface area contributed by atoms with E-state index in [4.69, 9.17) is 5.11 Å². The van der Waals surface area contributed by atoms with Crippen LogP contribution in [0.15, 0.2) is 24.3 Å². The molecule has 1 aromatic rings. The first kappa shape index (κ1) is 16.2. The zero-order valence-corrected chi connectivity index (χ0v) is 10.3. The average Bonchev–Trinajstić information content (AvgIpc) is 2.37. The molecule has 8 heteroatoms. The highest BCUT2D eigenvalue weighted by molar-refractivity contribution is 5.94. The van der Waals surface area contributed by atoms with Crippen LogP contribution in [0.1, 0.15) is 10.4 Å². The van der Waals surface area contributed by atoms with Gasteiger partial charge in [-0.1, -0.05) is 0 Å². The average molecular weight is 295 g/mol. The number of amides is 1. The fourth-order valence-electron chi connectivity index (χ4n) is 1.52. The summed E-state index contributed by atoms with van der Waals surface area (Å²) in [5, 5.41) is 8.75. The van der Waals surface area contributed by atoms with Gasteiger partial charge in [0.2, 0.25) is 0 Å². The Morgan fingerprint density at radius 1 is 1.20 bits per heavy atom. The van der Waals surface area contributed by atoms with Crippen LogP contribution in [0.5, 0.6) is 5.75 Å². The summed E-state index contributed by atoms with van der Waals surface area (Å²) in [6, 6.07) is 4.66. The van der Waals surface area contributed by atoms with E-state index in [1.54, 1.807) is 0 Å². The first-order chi connectivity index (χ1) is 9.43. The molecule has 0 aromatic heterocycles.